The van der Waals surface area contributed by atoms with Crippen molar-refractivity contribution in [2.45, 2.75) is 13.5 Å². The summed E-state index contributed by atoms with van der Waals surface area (Å²) in [4.78, 5) is 23.4. The number of amides is 1. The maximum absolute atomic E-state index is 12.6. The van der Waals surface area contributed by atoms with E-state index in [0.717, 1.165) is 32.4 Å². The third-order valence-electron chi connectivity index (χ3n) is 4.02. The molecule has 0 spiro atoms. The van der Waals surface area contributed by atoms with E-state index in [4.69, 9.17) is 0 Å². The summed E-state index contributed by atoms with van der Waals surface area (Å²) in [5.41, 5.74) is 2.75. The second kappa shape index (κ2) is 6.42. The molecule has 0 saturated carbocycles. The van der Waals surface area contributed by atoms with Crippen LogP contribution >= 0.6 is 22.7 Å². The first-order chi connectivity index (χ1) is 12.1. The number of hydrogen-bond acceptors (Lipinski definition) is 5. The summed E-state index contributed by atoms with van der Waals surface area (Å²) in [5.74, 6) is 0.722. The average molecular weight is 368 g/mol. The zero-order chi connectivity index (χ0) is 17.4. The maximum atomic E-state index is 12.6. The largest absolute Gasteiger partial charge is 0.344 e. The smallest absolute Gasteiger partial charge is 0.263 e. The molecule has 0 aliphatic rings. The molecule has 0 atom stereocenters. The number of aryl methyl sites for hydroxylation is 2. The van der Waals surface area contributed by atoms with Gasteiger partial charge < -0.3 is 9.88 Å². The molecule has 1 N–H and O–H groups in total. The lowest BCUT2D eigenvalue weighted by Crippen LogP contribution is -2.24. The van der Waals surface area contributed by atoms with E-state index in [9.17, 15) is 4.79 Å². The molecule has 5 nitrogen and oxygen atoms in total. The van der Waals surface area contributed by atoms with E-state index in [0.29, 0.717) is 11.4 Å². The fraction of sp³-hybridized carbons (Fsp3) is 0.167. The Hall–Kier alpha value is -2.51. The molecule has 25 heavy (non-hydrogen) atoms. The van der Waals surface area contributed by atoms with Gasteiger partial charge >= 0.3 is 0 Å². The van der Waals surface area contributed by atoms with Gasteiger partial charge in [-0.25, -0.2) is 9.97 Å². The Kier molecular flexibility index (Phi) is 4.10. The Morgan fingerprint density at radius 2 is 2.04 bits per heavy atom. The maximum Gasteiger partial charge on any atom is 0.263 e. The highest BCUT2D eigenvalue weighted by molar-refractivity contribution is 7.22. The number of carbonyl (C=O) groups is 1. The minimum absolute atomic E-state index is 0.107. The number of nitrogens with zero attached hydrogens (tertiary/aromatic N) is 3. The van der Waals surface area contributed by atoms with Crippen molar-refractivity contribution in [3.63, 3.8) is 0 Å². The minimum Gasteiger partial charge on any atom is -0.344 e. The number of nitrogens with one attached hydrogen (secondary N) is 1. The van der Waals surface area contributed by atoms with E-state index in [1.54, 1.807) is 11.3 Å². The first-order valence-electron chi connectivity index (χ1n) is 7.83. The highest BCUT2D eigenvalue weighted by Gasteiger charge is 2.17. The minimum atomic E-state index is -0.107. The summed E-state index contributed by atoms with van der Waals surface area (Å²) in [6.07, 6.45) is 0. The lowest BCUT2D eigenvalue weighted by Gasteiger charge is -2.04. The van der Waals surface area contributed by atoms with Gasteiger partial charge in [-0.1, -0.05) is 18.2 Å². The highest BCUT2D eigenvalue weighted by atomic mass is 32.1. The molecule has 0 aliphatic heterocycles. The first kappa shape index (κ1) is 16.0. The average Bonchev–Trinajstić information content (AvgIpc) is 3.33. The van der Waals surface area contributed by atoms with E-state index in [-0.39, 0.29) is 5.91 Å². The number of para-hydroxylation sites is 2. The van der Waals surface area contributed by atoms with Crippen LogP contribution in [0.4, 0.5) is 0 Å². The van der Waals surface area contributed by atoms with E-state index >= 15 is 0 Å². The van der Waals surface area contributed by atoms with Gasteiger partial charge in [-0.15, -0.1) is 22.7 Å². The van der Waals surface area contributed by atoms with Crippen LogP contribution in [0, 0.1) is 6.92 Å². The number of benzene rings is 1. The molecule has 3 aromatic heterocycles. The Balaban J connectivity index is 1.53. The van der Waals surface area contributed by atoms with Crippen molar-refractivity contribution in [2.24, 2.45) is 7.05 Å². The summed E-state index contributed by atoms with van der Waals surface area (Å²) in [7, 11) is 1.96. The normalized spacial score (nSPS) is 11.1. The number of imidazole rings is 1. The van der Waals surface area contributed by atoms with Gasteiger partial charge in [-0.05, 0) is 30.5 Å². The number of hydrogen-bond donors (Lipinski definition) is 1. The van der Waals surface area contributed by atoms with Crippen LogP contribution in [0.25, 0.3) is 20.9 Å². The summed E-state index contributed by atoms with van der Waals surface area (Å²) in [6, 6.07) is 11.9. The third kappa shape index (κ3) is 2.96. The number of rotatable bonds is 4. The molecular weight excluding hydrogens is 352 g/mol. The summed E-state index contributed by atoms with van der Waals surface area (Å²) in [5, 5.41) is 5.87. The molecule has 4 rings (SSSR count). The number of thiophene rings is 1. The van der Waals surface area contributed by atoms with Crippen LogP contribution in [-0.2, 0) is 13.6 Å². The van der Waals surface area contributed by atoms with E-state index in [1.165, 1.54) is 11.3 Å². The molecule has 1 amide bonds. The SMILES string of the molecule is Cc1nc(-c2cccs2)sc1C(=O)NCc1nc2ccccc2n1C. The fourth-order valence-corrected chi connectivity index (χ4v) is 4.49. The van der Waals surface area contributed by atoms with Gasteiger partial charge in [0.05, 0.1) is 28.1 Å². The van der Waals surface area contributed by atoms with Crippen LogP contribution in [0.3, 0.4) is 0 Å². The lowest BCUT2D eigenvalue weighted by molar-refractivity contribution is 0.0953. The van der Waals surface area contributed by atoms with Crippen molar-refractivity contribution in [1.29, 1.82) is 0 Å². The van der Waals surface area contributed by atoms with Gasteiger partial charge in [0.1, 0.15) is 15.7 Å². The molecule has 4 aromatic rings. The van der Waals surface area contributed by atoms with Crippen molar-refractivity contribution in [3.8, 4) is 9.88 Å². The van der Waals surface area contributed by atoms with Crippen molar-refractivity contribution in [3.05, 3.63) is 58.2 Å². The first-order valence-corrected chi connectivity index (χ1v) is 9.53. The number of aromatic nitrogens is 3. The molecule has 1 aromatic carbocycles. The number of carbonyl (C=O) groups excluding carboxylic acids is 1. The summed E-state index contributed by atoms with van der Waals surface area (Å²) in [6.45, 7) is 2.26. The van der Waals surface area contributed by atoms with Crippen LogP contribution in [0.1, 0.15) is 21.2 Å². The van der Waals surface area contributed by atoms with Crippen molar-refractivity contribution >= 4 is 39.6 Å². The molecule has 3 heterocycles. The molecule has 0 bridgehead atoms. The zero-order valence-electron chi connectivity index (χ0n) is 13.8. The van der Waals surface area contributed by atoms with Crippen molar-refractivity contribution in [1.82, 2.24) is 19.9 Å². The standard InChI is InChI=1S/C18H16N4OS2/c1-11-16(25-18(20-11)14-8-5-9-24-14)17(23)19-10-15-21-12-6-3-4-7-13(12)22(15)2/h3-9H,10H2,1-2H3,(H,19,23). The molecular formula is C18H16N4OS2. The lowest BCUT2D eigenvalue weighted by atomic mass is 10.3. The van der Waals surface area contributed by atoms with Crippen LogP contribution in [0.15, 0.2) is 41.8 Å². The molecule has 0 radical (unpaired) electrons. The van der Waals surface area contributed by atoms with E-state index < -0.39 is 0 Å². The van der Waals surface area contributed by atoms with Gasteiger partial charge in [0.15, 0.2) is 0 Å². The Labute approximate surface area is 153 Å². The highest BCUT2D eigenvalue weighted by Crippen LogP contribution is 2.31. The molecule has 126 valence electrons. The fourth-order valence-electron chi connectivity index (χ4n) is 2.71. The van der Waals surface area contributed by atoms with Gasteiger partial charge in [-0.2, -0.15) is 0 Å². The molecule has 7 heteroatoms. The monoisotopic (exact) mass is 368 g/mol. The Morgan fingerprint density at radius 1 is 1.20 bits per heavy atom. The Morgan fingerprint density at radius 3 is 2.80 bits per heavy atom. The topological polar surface area (TPSA) is 59.8 Å². The van der Waals surface area contributed by atoms with Crippen molar-refractivity contribution < 1.29 is 4.79 Å². The number of fused-ring (bicyclic) bond motifs is 1. The van der Waals surface area contributed by atoms with Crippen molar-refractivity contribution in [2.75, 3.05) is 0 Å². The van der Waals surface area contributed by atoms with Gasteiger partial charge in [-0.3, -0.25) is 4.79 Å². The predicted molar refractivity (Wildman–Crippen MR) is 102 cm³/mol. The van der Waals surface area contributed by atoms with Crippen LogP contribution < -0.4 is 5.32 Å². The van der Waals surface area contributed by atoms with Crippen LogP contribution in [0.2, 0.25) is 0 Å². The van der Waals surface area contributed by atoms with Gasteiger partial charge in [0.2, 0.25) is 0 Å². The second-order valence-corrected chi connectivity index (χ2v) is 7.62. The van der Waals surface area contributed by atoms with E-state index in [1.807, 2.05) is 60.3 Å². The van der Waals surface area contributed by atoms with Gasteiger partial charge in [0, 0.05) is 7.05 Å². The predicted octanol–water partition coefficient (Wildman–Crippen LogP) is 4.00. The number of thiazole rings is 1. The van der Waals surface area contributed by atoms with Gasteiger partial charge in [0.25, 0.3) is 5.91 Å². The third-order valence-corrected chi connectivity index (χ3v) is 6.22. The van der Waals surface area contributed by atoms with Crippen LogP contribution in [0.5, 0.6) is 0 Å². The van der Waals surface area contributed by atoms with E-state index in [2.05, 4.69) is 15.3 Å². The molecule has 0 aliphatic carbocycles. The molecule has 0 saturated heterocycles. The van der Waals surface area contributed by atoms with Crippen LogP contribution in [-0.4, -0.2) is 20.4 Å². The zero-order valence-corrected chi connectivity index (χ0v) is 15.4. The Bertz CT molecular complexity index is 1050. The second-order valence-electron chi connectivity index (χ2n) is 5.67. The quantitative estimate of drug-likeness (QED) is 0.592. The summed E-state index contributed by atoms with van der Waals surface area (Å²) < 4.78 is 2.01. The molecule has 0 unspecified atom stereocenters. The summed E-state index contributed by atoms with van der Waals surface area (Å²) >= 11 is 3.06. The molecule has 0 fully saturated rings.